The van der Waals surface area contributed by atoms with E-state index in [4.69, 9.17) is 4.98 Å². The average molecular weight is 534 g/mol. The van der Waals surface area contributed by atoms with Crippen LogP contribution in [0, 0.1) is 17.0 Å². The van der Waals surface area contributed by atoms with Crippen molar-refractivity contribution < 1.29 is 17.2 Å². The van der Waals surface area contributed by atoms with Crippen molar-refractivity contribution in [3.8, 4) is 22.5 Å². The Hall–Kier alpha value is -3.66. The van der Waals surface area contributed by atoms with E-state index in [1.54, 1.807) is 36.8 Å². The molecular formula is C28H25F2N5O2S. The number of benzene rings is 1. The maximum absolute atomic E-state index is 14.5. The van der Waals surface area contributed by atoms with Crippen molar-refractivity contribution in [1.29, 1.82) is 0 Å². The summed E-state index contributed by atoms with van der Waals surface area (Å²) in [5.74, 6) is -1.42. The van der Waals surface area contributed by atoms with Crippen LogP contribution in [-0.2, 0) is 21.0 Å². The van der Waals surface area contributed by atoms with Crippen molar-refractivity contribution in [2.24, 2.45) is 5.41 Å². The minimum atomic E-state index is -3.24. The van der Waals surface area contributed by atoms with Crippen LogP contribution in [0.2, 0.25) is 0 Å². The summed E-state index contributed by atoms with van der Waals surface area (Å²) in [5.41, 5.74) is 3.28. The van der Waals surface area contributed by atoms with E-state index in [2.05, 4.69) is 34.0 Å². The van der Waals surface area contributed by atoms with Crippen LogP contribution in [0.5, 0.6) is 0 Å². The zero-order valence-corrected chi connectivity index (χ0v) is 21.9. The van der Waals surface area contributed by atoms with Crippen LogP contribution >= 0.6 is 0 Å². The number of nitrogens with zero attached hydrogens (tertiary/aromatic N) is 5. The van der Waals surface area contributed by atoms with Crippen LogP contribution in [0.3, 0.4) is 0 Å². The van der Waals surface area contributed by atoms with Crippen LogP contribution in [0.15, 0.2) is 55.0 Å². The highest BCUT2D eigenvalue weighted by Crippen LogP contribution is 2.69. The summed E-state index contributed by atoms with van der Waals surface area (Å²) in [6.07, 6.45) is 7.78. The third-order valence-electron chi connectivity index (χ3n) is 8.20. The SMILES string of the molecule is CC1(C)[C@H]2CC[C@]1(c1cncc(-c3ccnc(CS(C)(=O)=O)c3)n1)c1nnc(-c3c(F)cccc3F)cc12. The summed E-state index contributed by atoms with van der Waals surface area (Å²) >= 11 is 0. The molecule has 2 atom stereocenters. The van der Waals surface area contributed by atoms with E-state index in [1.165, 1.54) is 24.5 Å². The molecule has 2 aliphatic rings. The molecule has 0 amide bonds. The van der Waals surface area contributed by atoms with E-state index < -0.39 is 26.9 Å². The van der Waals surface area contributed by atoms with Gasteiger partial charge in [-0.2, -0.15) is 5.10 Å². The highest BCUT2D eigenvalue weighted by atomic mass is 32.2. The largest absolute Gasteiger partial charge is 0.261 e. The molecule has 0 spiro atoms. The van der Waals surface area contributed by atoms with Gasteiger partial charge in [0.05, 0.1) is 51.4 Å². The molecule has 194 valence electrons. The second-order valence-corrected chi connectivity index (χ2v) is 12.9. The summed E-state index contributed by atoms with van der Waals surface area (Å²) in [6.45, 7) is 4.33. The van der Waals surface area contributed by atoms with Gasteiger partial charge in [0.1, 0.15) is 11.6 Å². The second-order valence-electron chi connectivity index (χ2n) is 10.7. The fraction of sp³-hybridized carbons (Fsp3) is 0.321. The molecule has 10 heteroatoms. The lowest BCUT2D eigenvalue weighted by molar-refractivity contribution is 0.242. The third kappa shape index (κ3) is 3.65. The second kappa shape index (κ2) is 8.42. The van der Waals surface area contributed by atoms with Gasteiger partial charge in [-0.1, -0.05) is 19.9 Å². The van der Waals surface area contributed by atoms with Gasteiger partial charge in [0.2, 0.25) is 0 Å². The molecule has 2 bridgehead atoms. The molecule has 2 aliphatic carbocycles. The molecule has 3 heterocycles. The molecule has 7 nitrogen and oxygen atoms in total. The Balaban J connectivity index is 1.47. The van der Waals surface area contributed by atoms with Crippen molar-refractivity contribution in [1.82, 2.24) is 25.1 Å². The van der Waals surface area contributed by atoms with E-state index in [1.807, 2.05) is 0 Å². The first-order valence-corrected chi connectivity index (χ1v) is 14.4. The maximum Gasteiger partial charge on any atom is 0.153 e. The summed E-state index contributed by atoms with van der Waals surface area (Å²) in [5, 5.41) is 8.85. The lowest BCUT2D eigenvalue weighted by Gasteiger charge is -2.37. The monoisotopic (exact) mass is 533 g/mol. The van der Waals surface area contributed by atoms with Crippen LogP contribution in [0.1, 0.15) is 55.3 Å². The quantitative estimate of drug-likeness (QED) is 0.355. The van der Waals surface area contributed by atoms with E-state index in [9.17, 15) is 17.2 Å². The van der Waals surface area contributed by atoms with E-state index in [-0.39, 0.29) is 28.3 Å². The average Bonchev–Trinajstić information content (AvgIpc) is 3.24. The van der Waals surface area contributed by atoms with Crippen molar-refractivity contribution in [3.63, 3.8) is 0 Å². The number of halogens is 2. The van der Waals surface area contributed by atoms with Gasteiger partial charge in [-0.15, -0.1) is 5.10 Å². The van der Waals surface area contributed by atoms with Crippen molar-refractivity contribution in [2.45, 2.75) is 43.8 Å². The van der Waals surface area contributed by atoms with Crippen LogP contribution in [0.25, 0.3) is 22.5 Å². The van der Waals surface area contributed by atoms with E-state index in [0.717, 1.165) is 29.8 Å². The smallest absolute Gasteiger partial charge is 0.153 e. The molecular weight excluding hydrogens is 508 g/mol. The molecule has 3 aromatic heterocycles. The first-order valence-electron chi connectivity index (χ1n) is 12.3. The molecule has 38 heavy (non-hydrogen) atoms. The predicted molar refractivity (Wildman–Crippen MR) is 138 cm³/mol. The van der Waals surface area contributed by atoms with Gasteiger partial charge in [-0.25, -0.2) is 22.2 Å². The highest BCUT2D eigenvalue weighted by molar-refractivity contribution is 7.89. The van der Waals surface area contributed by atoms with Gasteiger partial charge in [0, 0.05) is 24.2 Å². The Morgan fingerprint density at radius 1 is 1.03 bits per heavy atom. The Morgan fingerprint density at radius 3 is 2.53 bits per heavy atom. The van der Waals surface area contributed by atoms with Gasteiger partial charge in [-0.05, 0) is 60.1 Å². The first-order chi connectivity index (χ1) is 18.0. The number of rotatable bonds is 5. The molecule has 0 N–H and O–H groups in total. The summed E-state index contributed by atoms with van der Waals surface area (Å²) in [4.78, 5) is 13.7. The number of pyridine rings is 1. The molecule has 1 saturated carbocycles. The van der Waals surface area contributed by atoms with Crippen LogP contribution < -0.4 is 0 Å². The highest BCUT2D eigenvalue weighted by Gasteiger charge is 2.65. The topological polar surface area (TPSA) is 98.6 Å². The first kappa shape index (κ1) is 24.7. The molecule has 0 unspecified atom stereocenters. The van der Waals surface area contributed by atoms with Crippen molar-refractivity contribution >= 4 is 9.84 Å². The molecule has 0 radical (unpaired) electrons. The number of aromatic nitrogens is 5. The fourth-order valence-electron chi connectivity index (χ4n) is 6.45. The zero-order valence-electron chi connectivity index (χ0n) is 21.1. The molecule has 1 fully saturated rings. The zero-order chi connectivity index (χ0) is 26.9. The predicted octanol–water partition coefficient (Wildman–Crippen LogP) is 5.02. The summed E-state index contributed by atoms with van der Waals surface area (Å²) in [7, 11) is -3.24. The molecule has 1 aromatic carbocycles. The standard InChI is InChI=1S/C28H25F2N5O2S/c1-27(2)19-7-9-28(27,26-18(19)12-22(34-35-26)25-20(29)5-4-6-21(25)30)24-14-31-13-23(33-24)16-8-10-32-17(11-16)15-38(3,36)37/h4-6,8,10-14,19H,7,9,15H2,1-3H3/t19-,28-/m0/s1. The normalized spacial score (nSPS) is 21.4. The maximum atomic E-state index is 14.5. The Labute approximate surface area is 219 Å². The number of hydrogen-bond donors (Lipinski definition) is 0. The Bertz CT molecular complexity index is 1690. The minimum absolute atomic E-state index is 0.106. The lowest BCUT2D eigenvalue weighted by Crippen LogP contribution is -2.38. The van der Waals surface area contributed by atoms with Gasteiger partial charge in [0.15, 0.2) is 9.84 Å². The minimum Gasteiger partial charge on any atom is -0.261 e. The van der Waals surface area contributed by atoms with Gasteiger partial charge in [-0.3, -0.25) is 9.97 Å². The fourth-order valence-corrected chi connectivity index (χ4v) is 7.15. The van der Waals surface area contributed by atoms with Gasteiger partial charge < -0.3 is 0 Å². The van der Waals surface area contributed by atoms with E-state index >= 15 is 0 Å². The van der Waals surface area contributed by atoms with Crippen LogP contribution in [0.4, 0.5) is 8.78 Å². The summed E-state index contributed by atoms with van der Waals surface area (Å²) < 4.78 is 52.6. The Morgan fingerprint density at radius 2 is 1.79 bits per heavy atom. The molecule has 0 aliphatic heterocycles. The number of hydrogen-bond acceptors (Lipinski definition) is 7. The number of fused-ring (bicyclic) bond motifs is 5. The van der Waals surface area contributed by atoms with Gasteiger partial charge in [0.25, 0.3) is 0 Å². The Kier molecular flexibility index (Phi) is 5.47. The summed E-state index contributed by atoms with van der Waals surface area (Å²) in [6, 6.07) is 9.02. The molecule has 4 aromatic rings. The van der Waals surface area contributed by atoms with Gasteiger partial charge >= 0.3 is 0 Å². The van der Waals surface area contributed by atoms with Crippen molar-refractivity contribution in [3.05, 3.63) is 89.3 Å². The lowest BCUT2D eigenvalue weighted by atomic mass is 9.66. The molecule has 0 saturated heterocycles. The van der Waals surface area contributed by atoms with E-state index in [0.29, 0.717) is 17.0 Å². The third-order valence-corrected chi connectivity index (χ3v) is 9.02. The van der Waals surface area contributed by atoms with Crippen LogP contribution in [-0.4, -0.2) is 39.8 Å². The molecule has 6 rings (SSSR count). The van der Waals surface area contributed by atoms with Crippen molar-refractivity contribution in [2.75, 3.05) is 6.26 Å². The number of sulfone groups is 1.